The molecule has 19 heavy (non-hydrogen) atoms. The fourth-order valence-electron chi connectivity index (χ4n) is 0.938. The number of aliphatic carboxylic acids is 1. The van der Waals surface area contributed by atoms with Gasteiger partial charge in [-0.3, -0.25) is 9.59 Å². The molecule has 9 nitrogen and oxygen atoms in total. The molecule has 102 valence electrons. The SMILES string of the molecule is O=CNc1nc(/C(=N/OCCOC=O)C(=O)O)cs1. The van der Waals surface area contributed by atoms with Crippen molar-refractivity contribution in [3.63, 3.8) is 0 Å². The molecule has 10 heteroatoms. The number of carbonyl (C=O) groups is 3. The van der Waals surface area contributed by atoms with Crippen LogP contribution in [0.25, 0.3) is 0 Å². The van der Waals surface area contributed by atoms with Crippen LogP contribution in [0.3, 0.4) is 0 Å². The van der Waals surface area contributed by atoms with E-state index in [4.69, 9.17) is 5.11 Å². The number of carboxylic acid groups (broad SMARTS) is 1. The summed E-state index contributed by atoms with van der Waals surface area (Å²) in [4.78, 5) is 39.5. The van der Waals surface area contributed by atoms with Crippen LogP contribution in [0.2, 0.25) is 0 Å². The van der Waals surface area contributed by atoms with Crippen molar-refractivity contribution in [3.05, 3.63) is 11.1 Å². The molecule has 1 aromatic heterocycles. The van der Waals surface area contributed by atoms with Crippen molar-refractivity contribution in [2.75, 3.05) is 18.5 Å². The van der Waals surface area contributed by atoms with Crippen LogP contribution in [-0.2, 0) is 24.0 Å². The molecule has 0 aromatic carbocycles. The number of rotatable bonds is 9. The van der Waals surface area contributed by atoms with Crippen molar-refractivity contribution in [1.29, 1.82) is 0 Å². The Kier molecular flexibility index (Phi) is 5.95. The molecule has 0 spiro atoms. The van der Waals surface area contributed by atoms with Crippen molar-refractivity contribution in [2.24, 2.45) is 5.16 Å². The van der Waals surface area contributed by atoms with Crippen LogP contribution >= 0.6 is 11.3 Å². The summed E-state index contributed by atoms with van der Waals surface area (Å²) in [6.07, 6.45) is 0.424. The predicted octanol–water partition coefficient (Wildman–Crippen LogP) is -0.310. The first-order valence-electron chi connectivity index (χ1n) is 4.83. The number of hydrogen-bond acceptors (Lipinski definition) is 8. The molecule has 1 heterocycles. The van der Waals surface area contributed by atoms with E-state index in [0.717, 1.165) is 11.3 Å². The van der Waals surface area contributed by atoms with Crippen molar-refractivity contribution in [1.82, 2.24) is 4.98 Å². The summed E-state index contributed by atoms with van der Waals surface area (Å²) in [6.45, 7) is 0.108. The van der Waals surface area contributed by atoms with Gasteiger partial charge >= 0.3 is 5.97 Å². The normalized spacial score (nSPS) is 10.6. The third-order valence-corrected chi connectivity index (χ3v) is 2.42. The lowest BCUT2D eigenvalue weighted by atomic mass is 10.3. The number of carboxylic acids is 1. The number of nitrogens with one attached hydrogen (secondary N) is 1. The molecule has 1 amide bonds. The Balaban J connectivity index is 2.69. The van der Waals surface area contributed by atoms with Crippen LogP contribution in [0.1, 0.15) is 5.69 Å². The van der Waals surface area contributed by atoms with E-state index in [1.807, 2.05) is 0 Å². The van der Waals surface area contributed by atoms with Crippen molar-refractivity contribution in [3.8, 4) is 0 Å². The number of nitrogens with zero attached hydrogens (tertiary/aromatic N) is 2. The summed E-state index contributed by atoms with van der Waals surface area (Å²) in [5.41, 5.74) is -0.362. The number of carbonyl (C=O) groups excluding carboxylic acids is 2. The van der Waals surface area contributed by atoms with Gasteiger partial charge in [0.05, 0.1) is 0 Å². The minimum atomic E-state index is -1.33. The van der Waals surface area contributed by atoms with Gasteiger partial charge in [0.25, 0.3) is 6.47 Å². The summed E-state index contributed by atoms with van der Waals surface area (Å²) in [6, 6.07) is 0. The number of ether oxygens (including phenoxy) is 1. The molecular weight excluding hydrogens is 278 g/mol. The quantitative estimate of drug-likeness (QED) is 0.276. The molecule has 0 fully saturated rings. The molecule has 2 N–H and O–H groups in total. The Labute approximate surface area is 110 Å². The Morgan fingerprint density at radius 3 is 2.95 bits per heavy atom. The van der Waals surface area contributed by atoms with E-state index in [0.29, 0.717) is 6.41 Å². The van der Waals surface area contributed by atoms with E-state index in [-0.39, 0.29) is 30.5 Å². The fraction of sp³-hybridized carbons (Fsp3) is 0.222. The molecule has 0 saturated carbocycles. The Morgan fingerprint density at radius 2 is 2.32 bits per heavy atom. The highest BCUT2D eigenvalue weighted by Gasteiger charge is 2.17. The number of aromatic nitrogens is 1. The summed E-state index contributed by atoms with van der Waals surface area (Å²) in [5, 5.41) is 16.3. The molecule has 0 atom stereocenters. The molecule has 0 unspecified atom stereocenters. The Morgan fingerprint density at radius 1 is 1.53 bits per heavy atom. The molecule has 0 radical (unpaired) electrons. The number of oxime groups is 1. The molecule has 0 aliphatic rings. The summed E-state index contributed by atoms with van der Waals surface area (Å²) >= 11 is 1.04. The van der Waals surface area contributed by atoms with Crippen LogP contribution in [0.4, 0.5) is 5.13 Å². The lowest BCUT2D eigenvalue weighted by Crippen LogP contribution is -2.16. The first kappa shape index (κ1) is 14.6. The van der Waals surface area contributed by atoms with E-state index in [1.54, 1.807) is 0 Å². The maximum atomic E-state index is 11.0. The van der Waals surface area contributed by atoms with E-state index in [1.165, 1.54) is 5.38 Å². The second-order valence-corrected chi connectivity index (χ2v) is 3.70. The largest absolute Gasteiger partial charge is 0.476 e. The van der Waals surface area contributed by atoms with Gasteiger partial charge in [-0.2, -0.15) is 0 Å². The average Bonchev–Trinajstić information content (AvgIpc) is 2.82. The molecule has 0 bridgehead atoms. The second kappa shape index (κ2) is 7.76. The molecule has 0 aliphatic carbocycles. The third kappa shape index (κ3) is 4.71. The van der Waals surface area contributed by atoms with Gasteiger partial charge in [0.15, 0.2) is 11.7 Å². The smallest absolute Gasteiger partial charge is 0.360 e. The lowest BCUT2D eigenvalue weighted by Gasteiger charge is -2.00. The molecule has 1 rings (SSSR count). The van der Waals surface area contributed by atoms with Gasteiger partial charge in [0.2, 0.25) is 12.1 Å². The van der Waals surface area contributed by atoms with Crippen molar-refractivity contribution < 1.29 is 29.1 Å². The predicted molar refractivity (Wildman–Crippen MR) is 63.9 cm³/mol. The van der Waals surface area contributed by atoms with Gasteiger partial charge in [-0.05, 0) is 0 Å². The van der Waals surface area contributed by atoms with Gasteiger partial charge in [-0.25, -0.2) is 9.78 Å². The zero-order chi connectivity index (χ0) is 14.1. The van der Waals surface area contributed by atoms with Crippen LogP contribution < -0.4 is 5.32 Å². The van der Waals surface area contributed by atoms with E-state index >= 15 is 0 Å². The first-order chi connectivity index (χ1) is 9.19. The topological polar surface area (TPSA) is 127 Å². The number of anilines is 1. The maximum Gasteiger partial charge on any atom is 0.360 e. The van der Waals surface area contributed by atoms with Crippen LogP contribution in [-0.4, -0.2) is 47.9 Å². The minimum absolute atomic E-state index is 0.0467. The number of hydrogen-bond donors (Lipinski definition) is 2. The van der Waals surface area contributed by atoms with Gasteiger partial charge in [0.1, 0.15) is 12.3 Å². The molecular formula is C9H9N3O6S. The zero-order valence-corrected chi connectivity index (χ0v) is 10.3. The Bertz CT molecular complexity index is 486. The van der Waals surface area contributed by atoms with E-state index in [9.17, 15) is 14.4 Å². The average molecular weight is 287 g/mol. The van der Waals surface area contributed by atoms with E-state index in [2.05, 4.69) is 25.0 Å². The van der Waals surface area contributed by atoms with Gasteiger partial charge in [-0.1, -0.05) is 5.16 Å². The fourth-order valence-corrected chi connectivity index (χ4v) is 1.59. The standard InChI is InChI=1S/C9H9N3O6S/c13-4-10-9-11-6(3-19-9)7(8(15)16)12-18-2-1-17-5-14/h3-5H,1-2H2,(H,15,16)(H,10,11,13)/b12-7-. The van der Waals surface area contributed by atoms with Crippen LogP contribution in [0.5, 0.6) is 0 Å². The maximum absolute atomic E-state index is 11.0. The highest BCUT2D eigenvalue weighted by molar-refractivity contribution is 7.14. The lowest BCUT2D eigenvalue weighted by molar-refractivity contribution is -0.131. The number of amides is 1. The van der Waals surface area contributed by atoms with Gasteiger partial charge in [-0.15, -0.1) is 11.3 Å². The van der Waals surface area contributed by atoms with Crippen LogP contribution in [0, 0.1) is 0 Å². The van der Waals surface area contributed by atoms with Crippen molar-refractivity contribution in [2.45, 2.75) is 0 Å². The van der Waals surface area contributed by atoms with Crippen molar-refractivity contribution >= 4 is 41.0 Å². The molecule has 0 saturated heterocycles. The Hall–Kier alpha value is -2.49. The van der Waals surface area contributed by atoms with Crippen LogP contribution in [0.15, 0.2) is 10.5 Å². The summed E-state index contributed by atoms with van der Waals surface area (Å²) < 4.78 is 4.33. The van der Waals surface area contributed by atoms with Gasteiger partial charge in [0, 0.05) is 5.38 Å². The highest BCUT2D eigenvalue weighted by atomic mass is 32.1. The third-order valence-electron chi connectivity index (χ3n) is 1.65. The highest BCUT2D eigenvalue weighted by Crippen LogP contribution is 2.15. The zero-order valence-electron chi connectivity index (χ0n) is 9.44. The number of thiazole rings is 1. The first-order valence-corrected chi connectivity index (χ1v) is 5.71. The van der Waals surface area contributed by atoms with E-state index < -0.39 is 11.7 Å². The monoisotopic (exact) mass is 287 g/mol. The molecule has 1 aromatic rings. The minimum Gasteiger partial charge on any atom is -0.476 e. The summed E-state index contributed by atoms with van der Waals surface area (Å²) in [7, 11) is 0. The second-order valence-electron chi connectivity index (χ2n) is 2.85. The molecule has 0 aliphatic heterocycles. The summed E-state index contributed by atoms with van der Waals surface area (Å²) in [5.74, 6) is -1.33. The van der Waals surface area contributed by atoms with Gasteiger partial charge < -0.3 is 20.0 Å².